The van der Waals surface area contributed by atoms with Crippen LogP contribution in [0, 0.1) is 0 Å². The van der Waals surface area contributed by atoms with E-state index in [4.69, 9.17) is 18.8 Å². The SMILES string of the molecule is COc1cc(C=O)cc2c1O[C@@H](c1ccccc1)C[C@]2(C)CB1OC(C)(C)C(C)(C)O1. The fourth-order valence-corrected chi connectivity index (χ4v) is 4.58. The molecule has 6 heteroatoms. The molecule has 1 fully saturated rings. The van der Waals surface area contributed by atoms with E-state index in [-0.39, 0.29) is 18.6 Å². The molecule has 2 aromatic rings. The number of fused-ring (bicyclic) bond motifs is 1. The predicted octanol–water partition coefficient (Wildman–Crippen LogP) is 5.38. The number of benzene rings is 2. The summed E-state index contributed by atoms with van der Waals surface area (Å²) in [7, 11) is 1.24. The van der Waals surface area contributed by atoms with Crippen LogP contribution in [-0.4, -0.2) is 31.7 Å². The highest BCUT2D eigenvalue weighted by atomic mass is 16.7. The number of rotatable bonds is 5. The molecule has 0 amide bonds. The summed E-state index contributed by atoms with van der Waals surface area (Å²) in [5.41, 5.74) is 1.48. The van der Waals surface area contributed by atoms with Crippen molar-refractivity contribution in [3.8, 4) is 11.5 Å². The summed E-state index contributed by atoms with van der Waals surface area (Å²) in [6.07, 6.45) is 2.09. The van der Waals surface area contributed by atoms with Gasteiger partial charge in [-0.25, -0.2) is 0 Å². The van der Waals surface area contributed by atoms with Crippen molar-refractivity contribution in [2.45, 2.75) is 70.1 Å². The van der Waals surface area contributed by atoms with Gasteiger partial charge in [0, 0.05) is 11.1 Å². The number of ether oxygens (including phenoxy) is 2. The Morgan fingerprint density at radius 1 is 1.06 bits per heavy atom. The van der Waals surface area contributed by atoms with Crippen molar-refractivity contribution >= 4 is 13.4 Å². The molecule has 164 valence electrons. The lowest BCUT2D eigenvalue weighted by atomic mass is 9.61. The minimum absolute atomic E-state index is 0.142. The number of hydrogen-bond acceptors (Lipinski definition) is 5. The Morgan fingerprint density at radius 3 is 2.29 bits per heavy atom. The van der Waals surface area contributed by atoms with Gasteiger partial charge in [-0.05, 0) is 63.5 Å². The molecule has 0 radical (unpaired) electrons. The average Bonchev–Trinajstić information content (AvgIpc) is 2.93. The number of carbonyl (C=O) groups excluding carboxylic acids is 1. The van der Waals surface area contributed by atoms with Crippen LogP contribution in [0.15, 0.2) is 42.5 Å². The second-order valence-electron chi connectivity index (χ2n) is 9.89. The van der Waals surface area contributed by atoms with Crippen molar-refractivity contribution in [3.63, 3.8) is 0 Å². The van der Waals surface area contributed by atoms with Crippen LogP contribution in [-0.2, 0) is 14.7 Å². The van der Waals surface area contributed by atoms with E-state index in [1.54, 1.807) is 13.2 Å². The highest BCUT2D eigenvalue weighted by Crippen LogP contribution is 2.53. The summed E-state index contributed by atoms with van der Waals surface area (Å²) >= 11 is 0. The third-order valence-electron chi connectivity index (χ3n) is 7.07. The standard InChI is InChI=1S/C25H31BO5/c1-23(2)24(3,4)31-26(30-23)16-25(5)14-21(18-10-8-7-9-11-18)29-22-19(25)12-17(15-27)13-20(22)28-6/h7-13,15,21H,14,16H2,1-6H3/t21-,25-/m1/s1. The van der Waals surface area contributed by atoms with Crippen molar-refractivity contribution in [3.05, 3.63) is 59.2 Å². The number of methoxy groups -OCH3 is 1. The monoisotopic (exact) mass is 422 g/mol. The molecule has 0 N–H and O–H groups in total. The van der Waals surface area contributed by atoms with Gasteiger partial charge in [-0.1, -0.05) is 37.3 Å². The van der Waals surface area contributed by atoms with Gasteiger partial charge in [0.2, 0.25) is 0 Å². The molecule has 2 heterocycles. The summed E-state index contributed by atoms with van der Waals surface area (Å²) < 4.78 is 24.8. The molecule has 0 aromatic heterocycles. The van der Waals surface area contributed by atoms with E-state index in [0.717, 1.165) is 23.8 Å². The first-order chi connectivity index (χ1) is 14.6. The molecule has 4 rings (SSSR count). The second-order valence-corrected chi connectivity index (χ2v) is 9.89. The van der Waals surface area contributed by atoms with E-state index in [0.29, 0.717) is 23.4 Å². The van der Waals surface area contributed by atoms with Crippen LogP contribution < -0.4 is 9.47 Å². The van der Waals surface area contributed by atoms with Crippen LogP contribution in [0.5, 0.6) is 11.5 Å². The lowest BCUT2D eigenvalue weighted by molar-refractivity contribution is 0.00578. The van der Waals surface area contributed by atoms with Gasteiger partial charge in [0.15, 0.2) is 11.5 Å². The fourth-order valence-electron chi connectivity index (χ4n) is 4.58. The van der Waals surface area contributed by atoms with Gasteiger partial charge in [-0.3, -0.25) is 4.79 Å². The quantitative estimate of drug-likeness (QED) is 0.478. The van der Waals surface area contributed by atoms with Crippen LogP contribution in [0.1, 0.15) is 68.6 Å². The van der Waals surface area contributed by atoms with E-state index in [1.807, 2.05) is 24.3 Å². The van der Waals surface area contributed by atoms with Crippen molar-refractivity contribution in [1.29, 1.82) is 0 Å². The molecule has 5 nitrogen and oxygen atoms in total. The minimum atomic E-state index is -0.400. The van der Waals surface area contributed by atoms with Crippen molar-refractivity contribution < 1.29 is 23.6 Å². The zero-order chi connectivity index (χ0) is 22.4. The summed E-state index contributed by atoms with van der Waals surface area (Å²) in [5.74, 6) is 1.26. The first-order valence-electron chi connectivity index (χ1n) is 10.8. The van der Waals surface area contributed by atoms with Crippen molar-refractivity contribution in [2.24, 2.45) is 0 Å². The van der Waals surface area contributed by atoms with Gasteiger partial charge in [0.1, 0.15) is 12.4 Å². The molecule has 2 aromatic carbocycles. The molecule has 2 atom stereocenters. The molecule has 31 heavy (non-hydrogen) atoms. The lowest BCUT2D eigenvalue weighted by Crippen LogP contribution is -2.41. The predicted molar refractivity (Wildman–Crippen MR) is 121 cm³/mol. The smallest absolute Gasteiger partial charge is 0.458 e. The molecule has 0 aliphatic carbocycles. The Kier molecular flexibility index (Phi) is 5.43. The highest BCUT2D eigenvalue weighted by Gasteiger charge is 2.54. The molecule has 0 unspecified atom stereocenters. The van der Waals surface area contributed by atoms with Gasteiger partial charge in [-0.2, -0.15) is 0 Å². The first kappa shape index (κ1) is 21.9. The van der Waals surface area contributed by atoms with Gasteiger partial charge in [0.25, 0.3) is 0 Å². The number of aldehydes is 1. The maximum atomic E-state index is 11.6. The van der Waals surface area contributed by atoms with Crippen LogP contribution in [0.4, 0.5) is 0 Å². The van der Waals surface area contributed by atoms with E-state index >= 15 is 0 Å². The summed E-state index contributed by atoms with van der Waals surface area (Å²) in [4.78, 5) is 11.6. The summed E-state index contributed by atoms with van der Waals surface area (Å²) in [6.45, 7) is 10.4. The Balaban J connectivity index is 1.77. The molecule has 2 aliphatic rings. The summed E-state index contributed by atoms with van der Waals surface area (Å²) in [5, 5.41) is 0. The Morgan fingerprint density at radius 2 is 1.71 bits per heavy atom. The maximum Gasteiger partial charge on any atom is 0.458 e. The molecular formula is C25H31BO5. The van der Waals surface area contributed by atoms with Gasteiger partial charge in [-0.15, -0.1) is 0 Å². The normalized spacial score (nSPS) is 26.1. The lowest BCUT2D eigenvalue weighted by Gasteiger charge is -2.41. The topological polar surface area (TPSA) is 54.0 Å². The summed E-state index contributed by atoms with van der Waals surface area (Å²) in [6, 6.07) is 13.8. The Hall–Kier alpha value is -2.31. The molecular weight excluding hydrogens is 391 g/mol. The molecule has 0 saturated carbocycles. The van der Waals surface area contributed by atoms with E-state index in [1.165, 1.54) is 0 Å². The zero-order valence-electron chi connectivity index (χ0n) is 19.2. The van der Waals surface area contributed by atoms with Crippen LogP contribution in [0.25, 0.3) is 0 Å². The Bertz CT molecular complexity index is 955. The third-order valence-corrected chi connectivity index (χ3v) is 7.07. The van der Waals surface area contributed by atoms with E-state index < -0.39 is 11.2 Å². The van der Waals surface area contributed by atoms with E-state index in [9.17, 15) is 4.79 Å². The van der Waals surface area contributed by atoms with Crippen LogP contribution in [0.2, 0.25) is 6.32 Å². The van der Waals surface area contributed by atoms with E-state index in [2.05, 4.69) is 46.8 Å². The number of hydrogen-bond donors (Lipinski definition) is 0. The molecule has 2 aliphatic heterocycles. The van der Waals surface area contributed by atoms with Gasteiger partial charge >= 0.3 is 7.12 Å². The molecule has 0 spiro atoms. The maximum absolute atomic E-state index is 11.6. The second kappa shape index (κ2) is 7.68. The van der Waals surface area contributed by atoms with Crippen LogP contribution in [0.3, 0.4) is 0 Å². The van der Waals surface area contributed by atoms with Gasteiger partial charge in [0.05, 0.1) is 18.3 Å². The van der Waals surface area contributed by atoms with Crippen LogP contribution >= 0.6 is 0 Å². The Labute approximate surface area is 185 Å². The van der Waals surface area contributed by atoms with Crippen molar-refractivity contribution in [2.75, 3.05) is 7.11 Å². The molecule has 1 saturated heterocycles. The van der Waals surface area contributed by atoms with Crippen molar-refractivity contribution in [1.82, 2.24) is 0 Å². The highest BCUT2D eigenvalue weighted by molar-refractivity contribution is 6.46. The minimum Gasteiger partial charge on any atom is -0.493 e. The largest absolute Gasteiger partial charge is 0.493 e. The molecule has 0 bridgehead atoms. The first-order valence-corrected chi connectivity index (χ1v) is 10.8. The third kappa shape index (κ3) is 3.87. The zero-order valence-corrected chi connectivity index (χ0v) is 19.2. The fraction of sp³-hybridized carbons (Fsp3) is 0.480. The average molecular weight is 422 g/mol. The number of carbonyl (C=O) groups is 1. The van der Waals surface area contributed by atoms with Gasteiger partial charge < -0.3 is 18.8 Å².